The zero-order valence-electron chi connectivity index (χ0n) is 11.8. The topological polar surface area (TPSA) is 71.1 Å². The van der Waals surface area contributed by atoms with Gasteiger partial charge in [0.05, 0.1) is 7.11 Å². The van der Waals surface area contributed by atoms with Gasteiger partial charge >= 0.3 is 0 Å². The van der Waals surface area contributed by atoms with Crippen molar-refractivity contribution in [1.82, 2.24) is 4.98 Å². The molecule has 0 bridgehead atoms. The zero-order valence-corrected chi connectivity index (χ0v) is 11.8. The Morgan fingerprint density at radius 3 is 2.60 bits per heavy atom. The minimum absolute atomic E-state index is 0.275. The van der Waals surface area contributed by atoms with Crippen LogP contribution in [-0.2, 0) is 0 Å². The molecule has 0 unspecified atom stereocenters. The summed E-state index contributed by atoms with van der Waals surface area (Å²) in [5.74, 6) is 2.07. The van der Waals surface area contributed by atoms with E-state index in [1.54, 1.807) is 7.11 Å². The fourth-order valence-corrected chi connectivity index (χ4v) is 1.67. The first-order valence-corrected chi connectivity index (χ1v) is 6.43. The molecular formula is C15H17N3O2. The molecule has 0 saturated carbocycles. The van der Waals surface area contributed by atoms with Crippen molar-refractivity contribution < 1.29 is 9.15 Å². The van der Waals surface area contributed by atoms with E-state index < -0.39 is 0 Å². The van der Waals surface area contributed by atoms with E-state index in [4.69, 9.17) is 14.4 Å². The van der Waals surface area contributed by atoms with Gasteiger partial charge in [0.25, 0.3) is 0 Å². The third-order valence-corrected chi connectivity index (χ3v) is 2.74. The van der Waals surface area contributed by atoms with Crippen molar-refractivity contribution in [1.29, 1.82) is 5.26 Å². The van der Waals surface area contributed by atoms with E-state index in [1.165, 1.54) is 0 Å². The van der Waals surface area contributed by atoms with Crippen LogP contribution in [-0.4, -0.2) is 18.6 Å². The van der Waals surface area contributed by atoms with Crippen LogP contribution in [0.25, 0.3) is 11.5 Å². The molecule has 104 valence electrons. The van der Waals surface area contributed by atoms with E-state index in [1.807, 2.05) is 30.3 Å². The SMILES string of the molecule is COc1ccc(-c2nc(C#N)c(NCC(C)C)o2)cc1. The van der Waals surface area contributed by atoms with Gasteiger partial charge in [0.1, 0.15) is 11.8 Å². The van der Waals surface area contributed by atoms with Crippen LogP contribution in [0.2, 0.25) is 0 Å². The Labute approximate surface area is 118 Å². The molecule has 0 aliphatic heterocycles. The van der Waals surface area contributed by atoms with Crippen LogP contribution in [0, 0.1) is 17.2 Å². The molecule has 1 aromatic heterocycles. The first-order valence-electron chi connectivity index (χ1n) is 6.43. The Morgan fingerprint density at radius 1 is 1.35 bits per heavy atom. The van der Waals surface area contributed by atoms with Gasteiger partial charge in [-0.2, -0.15) is 10.2 Å². The van der Waals surface area contributed by atoms with Crippen LogP contribution >= 0.6 is 0 Å². The summed E-state index contributed by atoms with van der Waals surface area (Å²) < 4.78 is 10.7. The second kappa shape index (κ2) is 6.11. The molecule has 0 aliphatic carbocycles. The van der Waals surface area contributed by atoms with Gasteiger partial charge in [0.2, 0.25) is 17.5 Å². The lowest BCUT2D eigenvalue weighted by Gasteiger charge is -2.05. The minimum Gasteiger partial charge on any atom is -0.497 e. The maximum atomic E-state index is 9.09. The van der Waals surface area contributed by atoms with Crippen LogP contribution < -0.4 is 10.1 Å². The van der Waals surface area contributed by atoms with Crippen molar-refractivity contribution >= 4 is 5.88 Å². The van der Waals surface area contributed by atoms with Crippen molar-refractivity contribution in [2.75, 3.05) is 19.0 Å². The number of rotatable bonds is 5. The largest absolute Gasteiger partial charge is 0.497 e. The number of methoxy groups -OCH3 is 1. The third-order valence-electron chi connectivity index (χ3n) is 2.74. The number of nitrogens with zero attached hydrogens (tertiary/aromatic N) is 2. The molecule has 0 atom stereocenters. The molecule has 5 nitrogen and oxygen atoms in total. The molecular weight excluding hydrogens is 254 g/mol. The predicted molar refractivity (Wildman–Crippen MR) is 76.5 cm³/mol. The quantitative estimate of drug-likeness (QED) is 0.903. The first-order chi connectivity index (χ1) is 9.63. The number of nitriles is 1. The highest BCUT2D eigenvalue weighted by molar-refractivity contribution is 5.59. The average molecular weight is 271 g/mol. The molecule has 1 heterocycles. The Morgan fingerprint density at radius 2 is 2.05 bits per heavy atom. The number of anilines is 1. The molecule has 0 radical (unpaired) electrons. The number of benzene rings is 1. The van der Waals surface area contributed by atoms with Crippen LogP contribution in [0.3, 0.4) is 0 Å². The van der Waals surface area contributed by atoms with E-state index in [2.05, 4.69) is 24.1 Å². The monoisotopic (exact) mass is 271 g/mol. The third kappa shape index (κ3) is 3.09. The van der Waals surface area contributed by atoms with Gasteiger partial charge < -0.3 is 14.5 Å². The number of hydrogen-bond donors (Lipinski definition) is 1. The molecule has 1 N–H and O–H groups in total. The Balaban J connectivity index is 2.26. The normalized spacial score (nSPS) is 10.3. The molecule has 20 heavy (non-hydrogen) atoms. The van der Waals surface area contributed by atoms with Crippen LogP contribution in [0.15, 0.2) is 28.7 Å². The molecule has 0 fully saturated rings. The van der Waals surface area contributed by atoms with Crippen LogP contribution in [0.1, 0.15) is 19.5 Å². The molecule has 0 amide bonds. The molecule has 2 aromatic rings. The van der Waals surface area contributed by atoms with Crippen molar-refractivity contribution in [3.05, 3.63) is 30.0 Å². The number of oxazole rings is 1. The number of nitrogens with one attached hydrogen (secondary N) is 1. The summed E-state index contributed by atoms with van der Waals surface area (Å²) in [4.78, 5) is 4.20. The highest BCUT2D eigenvalue weighted by Gasteiger charge is 2.14. The van der Waals surface area contributed by atoms with E-state index in [0.717, 1.165) is 17.9 Å². The summed E-state index contributed by atoms with van der Waals surface area (Å²) >= 11 is 0. The van der Waals surface area contributed by atoms with Crippen LogP contribution in [0.5, 0.6) is 5.75 Å². The standard InChI is InChI=1S/C15H17N3O2/c1-10(2)9-17-15-13(8-16)18-14(20-15)11-4-6-12(19-3)7-5-11/h4-7,10,17H,9H2,1-3H3. The van der Waals surface area contributed by atoms with Gasteiger partial charge in [-0.05, 0) is 30.2 Å². The Kier molecular flexibility index (Phi) is 4.26. The van der Waals surface area contributed by atoms with Gasteiger partial charge in [-0.25, -0.2) is 0 Å². The second-order valence-corrected chi connectivity index (χ2v) is 4.81. The second-order valence-electron chi connectivity index (χ2n) is 4.81. The average Bonchev–Trinajstić information content (AvgIpc) is 2.88. The van der Waals surface area contributed by atoms with E-state index >= 15 is 0 Å². The molecule has 2 rings (SSSR count). The lowest BCUT2D eigenvalue weighted by Crippen LogP contribution is -2.08. The Bertz CT molecular complexity index is 609. The fourth-order valence-electron chi connectivity index (χ4n) is 1.67. The number of ether oxygens (including phenoxy) is 1. The lowest BCUT2D eigenvalue weighted by atomic mass is 10.2. The maximum absolute atomic E-state index is 9.09. The minimum atomic E-state index is 0.275. The predicted octanol–water partition coefficient (Wildman–Crippen LogP) is 3.29. The first kappa shape index (κ1) is 13.9. The van der Waals surface area contributed by atoms with Gasteiger partial charge in [-0.3, -0.25) is 0 Å². The van der Waals surface area contributed by atoms with Gasteiger partial charge in [-0.15, -0.1) is 0 Å². The smallest absolute Gasteiger partial charge is 0.232 e. The summed E-state index contributed by atoms with van der Waals surface area (Å²) in [6.07, 6.45) is 0. The van der Waals surface area contributed by atoms with E-state index in [-0.39, 0.29) is 5.69 Å². The summed E-state index contributed by atoms with van der Waals surface area (Å²) in [5, 5.41) is 12.2. The fraction of sp³-hybridized carbons (Fsp3) is 0.333. The van der Waals surface area contributed by atoms with Crippen molar-refractivity contribution in [2.45, 2.75) is 13.8 Å². The summed E-state index contributed by atoms with van der Waals surface area (Å²) in [5.41, 5.74) is 1.08. The summed E-state index contributed by atoms with van der Waals surface area (Å²) in [6, 6.07) is 9.38. The number of aromatic nitrogens is 1. The highest BCUT2D eigenvalue weighted by atomic mass is 16.5. The molecule has 5 heteroatoms. The number of hydrogen-bond acceptors (Lipinski definition) is 5. The molecule has 0 saturated heterocycles. The summed E-state index contributed by atoms with van der Waals surface area (Å²) in [7, 11) is 1.61. The molecule has 1 aromatic carbocycles. The van der Waals surface area contributed by atoms with Crippen molar-refractivity contribution in [2.24, 2.45) is 5.92 Å². The van der Waals surface area contributed by atoms with Crippen LogP contribution in [0.4, 0.5) is 5.88 Å². The lowest BCUT2D eigenvalue weighted by molar-refractivity contribution is 0.415. The Hall–Kier alpha value is -2.48. The zero-order chi connectivity index (χ0) is 14.5. The summed E-state index contributed by atoms with van der Waals surface area (Å²) in [6.45, 7) is 4.89. The highest BCUT2D eigenvalue weighted by Crippen LogP contribution is 2.26. The van der Waals surface area contributed by atoms with Crippen molar-refractivity contribution in [3.63, 3.8) is 0 Å². The molecule has 0 aliphatic rings. The van der Waals surface area contributed by atoms with E-state index in [0.29, 0.717) is 17.7 Å². The van der Waals surface area contributed by atoms with E-state index in [9.17, 15) is 0 Å². The van der Waals surface area contributed by atoms with Crippen molar-refractivity contribution in [3.8, 4) is 23.3 Å². The van der Waals surface area contributed by atoms with Gasteiger partial charge in [-0.1, -0.05) is 13.8 Å². The molecule has 0 spiro atoms. The maximum Gasteiger partial charge on any atom is 0.232 e. The van der Waals surface area contributed by atoms with Gasteiger partial charge in [0.15, 0.2) is 0 Å². The van der Waals surface area contributed by atoms with Gasteiger partial charge in [0, 0.05) is 12.1 Å².